The number of methoxy groups -OCH3 is 1. The van der Waals surface area contributed by atoms with Gasteiger partial charge in [-0.05, 0) is 36.5 Å². The van der Waals surface area contributed by atoms with E-state index in [1.165, 1.54) is 11.1 Å². The highest BCUT2D eigenvalue weighted by atomic mass is 16.5. The monoisotopic (exact) mass is 179 g/mol. The Bertz CT molecular complexity index is 323. The van der Waals surface area contributed by atoms with Crippen molar-refractivity contribution in [2.45, 2.75) is 19.3 Å². The fraction of sp³-hybridized carbons (Fsp3) is 0.400. The van der Waals surface area contributed by atoms with E-state index in [9.17, 15) is 0 Å². The summed E-state index contributed by atoms with van der Waals surface area (Å²) in [6.45, 7) is 0. The molecule has 0 radical (unpaired) electrons. The summed E-state index contributed by atoms with van der Waals surface area (Å²) in [6, 6.07) is 3.96. The topological polar surface area (TPSA) is 41.5 Å². The van der Waals surface area contributed by atoms with Crippen LogP contribution in [0.4, 0.5) is 5.69 Å². The molecular formula is C10H13NO2. The van der Waals surface area contributed by atoms with Crippen LogP contribution in [-0.4, -0.2) is 12.3 Å². The summed E-state index contributed by atoms with van der Waals surface area (Å²) in [7, 11) is 1.61. The van der Waals surface area contributed by atoms with Crippen LogP contribution < -0.4 is 10.2 Å². The molecule has 1 aliphatic rings. The average molecular weight is 179 g/mol. The van der Waals surface area contributed by atoms with Crippen molar-refractivity contribution in [3.05, 3.63) is 23.3 Å². The lowest BCUT2D eigenvalue weighted by atomic mass is 10.1. The van der Waals surface area contributed by atoms with Crippen LogP contribution in [0.1, 0.15) is 17.5 Å². The molecule has 13 heavy (non-hydrogen) atoms. The second kappa shape index (κ2) is 3.26. The zero-order valence-corrected chi connectivity index (χ0v) is 7.63. The zero-order chi connectivity index (χ0) is 9.26. The van der Waals surface area contributed by atoms with Gasteiger partial charge in [0.25, 0.3) is 0 Å². The van der Waals surface area contributed by atoms with Gasteiger partial charge in [0.05, 0.1) is 7.11 Å². The number of hydrogen-bond acceptors (Lipinski definition) is 3. The Kier molecular flexibility index (Phi) is 2.10. The highest BCUT2D eigenvalue weighted by Gasteiger charge is 2.17. The summed E-state index contributed by atoms with van der Waals surface area (Å²) in [5.41, 5.74) is 5.47. The first kappa shape index (κ1) is 8.38. The summed E-state index contributed by atoms with van der Waals surface area (Å²) in [6.07, 6.45) is 3.29. The van der Waals surface area contributed by atoms with Gasteiger partial charge in [-0.25, -0.2) is 0 Å². The Labute approximate surface area is 77.3 Å². The minimum atomic E-state index is 0.711. The van der Waals surface area contributed by atoms with Gasteiger partial charge in [0.2, 0.25) is 0 Å². The van der Waals surface area contributed by atoms with Gasteiger partial charge in [-0.1, -0.05) is 6.07 Å². The highest BCUT2D eigenvalue weighted by molar-refractivity contribution is 5.64. The molecule has 1 aliphatic carbocycles. The predicted molar refractivity (Wildman–Crippen MR) is 50.4 cm³/mol. The van der Waals surface area contributed by atoms with Crippen molar-refractivity contribution in [3.8, 4) is 5.75 Å². The molecule has 0 saturated carbocycles. The Hall–Kier alpha value is -1.22. The molecule has 0 saturated heterocycles. The number of anilines is 1. The lowest BCUT2D eigenvalue weighted by molar-refractivity contribution is 0.372. The van der Waals surface area contributed by atoms with Gasteiger partial charge in [-0.15, -0.1) is 0 Å². The molecule has 3 heteroatoms. The number of benzene rings is 1. The molecule has 0 fully saturated rings. The maximum atomic E-state index is 8.98. The van der Waals surface area contributed by atoms with Crippen molar-refractivity contribution in [2.75, 3.05) is 12.6 Å². The fourth-order valence-corrected chi connectivity index (χ4v) is 1.94. The van der Waals surface area contributed by atoms with Crippen LogP contribution in [0.2, 0.25) is 0 Å². The Balaban J connectivity index is 2.53. The minimum absolute atomic E-state index is 0.711. The second-order valence-corrected chi connectivity index (χ2v) is 3.25. The van der Waals surface area contributed by atoms with E-state index in [-0.39, 0.29) is 0 Å². The first-order valence-corrected chi connectivity index (χ1v) is 4.45. The SMILES string of the molecule is COc1ccc2c(c1NO)CCC2. The summed E-state index contributed by atoms with van der Waals surface area (Å²) in [5, 5.41) is 8.98. The van der Waals surface area contributed by atoms with Crippen molar-refractivity contribution in [2.24, 2.45) is 0 Å². The molecule has 0 amide bonds. The Morgan fingerprint density at radius 1 is 1.38 bits per heavy atom. The molecule has 2 rings (SSSR count). The van der Waals surface area contributed by atoms with Gasteiger partial charge < -0.3 is 4.74 Å². The molecular weight excluding hydrogens is 166 g/mol. The quantitative estimate of drug-likeness (QED) is 0.682. The number of hydrogen-bond donors (Lipinski definition) is 2. The maximum absolute atomic E-state index is 8.98. The first-order chi connectivity index (χ1) is 6.36. The molecule has 0 aliphatic heterocycles. The molecule has 0 aromatic heterocycles. The maximum Gasteiger partial charge on any atom is 0.144 e. The van der Waals surface area contributed by atoms with Gasteiger partial charge in [0, 0.05) is 0 Å². The third-order valence-electron chi connectivity index (χ3n) is 2.58. The third kappa shape index (κ3) is 1.25. The zero-order valence-electron chi connectivity index (χ0n) is 7.63. The smallest absolute Gasteiger partial charge is 0.144 e. The van der Waals surface area contributed by atoms with E-state index >= 15 is 0 Å². The predicted octanol–water partition coefficient (Wildman–Crippen LogP) is 1.98. The number of nitrogens with one attached hydrogen (secondary N) is 1. The van der Waals surface area contributed by atoms with Crippen LogP contribution in [0, 0.1) is 0 Å². The Morgan fingerprint density at radius 2 is 2.23 bits per heavy atom. The number of rotatable bonds is 2. The highest BCUT2D eigenvalue weighted by Crippen LogP contribution is 2.35. The van der Waals surface area contributed by atoms with Crippen LogP contribution in [-0.2, 0) is 12.8 Å². The van der Waals surface area contributed by atoms with E-state index in [0.29, 0.717) is 5.75 Å². The average Bonchev–Trinajstić information content (AvgIpc) is 2.63. The molecule has 1 aromatic carbocycles. The van der Waals surface area contributed by atoms with Crippen LogP contribution >= 0.6 is 0 Å². The number of ether oxygens (including phenoxy) is 1. The van der Waals surface area contributed by atoms with Gasteiger partial charge in [-0.2, -0.15) is 0 Å². The van der Waals surface area contributed by atoms with Gasteiger partial charge in [0.15, 0.2) is 0 Å². The van der Waals surface area contributed by atoms with E-state index in [1.54, 1.807) is 7.11 Å². The van der Waals surface area contributed by atoms with E-state index < -0.39 is 0 Å². The van der Waals surface area contributed by atoms with Crippen molar-refractivity contribution >= 4 is 5.69 Å². The first-order valence-electron chi connectivity index (χ1n) is 4.45. The Morgan fingerprint density at radius 3 is 2.92 bits per heavy atom. The molecule has 0 bridgehead atoms. The summed E-state index contributed by atoms with van der Waals surface area (Å²) in [4.78, 5) is 0. The van der Waals surface area contributed by atoms with E-state index in [4.69, 9.17) is 9.94 Å². The van der Waals surface area contributed by atoms with E-state index in [2.05, 4.69) is 11.5 Å². The van der Waals surface area contributed by atoms with Crippen LogP contribution in [0.15, 0.2) is 12.1 Å². The normalized spacial score (nSPS) is 14.0. The molecule has 0 atom stereocenters. The second-order valence-electron chi connectivity index (χ2n) is 3.25. The molecule has 0 spiro atoms. The summed E-state index contributed by atoms with van der Waals surface area (Å²) >= 11 is 0. The summed E-state index contributed by atoms with van der Waals surface area (Å²) < 4.78 is 5.14. The van der Waals surface area contributed by atoms with Gasteiger partial charge >= 0.3 is 0 Å². The van der Waals surface area contributed by atoms with E-state index in [1.807, 2.05) is 6.07 Å². The number of fused-ring (bicyclic) bond motifs is 1. The largest absolute Gasteiger partial charge is 0.494 e. The molecule has 1 aromatic rings. The van der Waals surface area contributed by atoms with Crippen LogP contribution in [0.25, 0.3) is 0 Å². The molecule has 2 N–H and O–H groups in total. The van der Waals surface area contributed by atoms with Crippen LogP contribution in [0.3, 0.4) is 0 Å². The van der Waals surface area contributed by atoms with E-state index in [0.717, 1.165) is 24.9 Å². The van der Waals surface area contributed by atoms with Crippen LogP contribution in [0.5, 0.6) is 5.75 Å². The lowest BCUT2D eigenvalue weighted by Gasteiger charge is -2.11. The standard InChI is InChI=1S/C10H13NO2/c1-13-9-6-5-7-3-2-4-8(7)10(9)11-12/h5-6,11-12H,2-4H2,1H3. The number of aryl methyl sites for hydroxylation is 1. The molecule has 0 heterocycles. The molecule has 0 unspecified atom stereocenters. The van der Waals surface area contributed by atoms with Crippen molar-refractivity contribution in [1.29, 1.82) is 0 Å². The van der Waals surface area contributed by atoms with Crippen molar-refractivity contribution in [1.82, 2.24) is 0 Å². The fourth-order valence-electron chi connectivity index (χ4n) is 1.94. The lowest BCUT2D eigenvalue weighted by Crippen LogP contribution is -1.99. The van der Waals surface area contributed by atoms with Crippen molar-refractivity contribution < 1.29 is 9.94 Å². The van der Waals surface area contributed by atoms with Gasteiger partial charge in [-0.3, -0.25) is 10.7 Å². The van der Waals surface area contributed by atoms with Crippen molar-refractivity contribution in [3.63, 3.8) is 0 Å². The molecule has 70 valence electrons. The molecule has 3 nitrogen and oxygen atoms in total. The van der Waals surface area contributed by atoms with Gasteiger partial charge in [0.1, 0.15) is 11.4 Å². The minimum Gasteiger partial charge on any atom is -0.494 e. The summed E-state index contributed by atoms with van der Waals surface area (Å²) in [5.74, 6) is 0.711. The third-order valence-corrected chi connectivity index (χ3v) is 2.58.